The Balaban J connectivity index is -0.0000000235. The summed E-state index contributed by atoms with van der Waals surface area (Å²) in [5, 5.41) is 5.22. The van der Waals surface area contributed by atoms with Crippen molar-refractivity contribution in [3.8, 4) is 0 Å². The van der Waals surface area contributed by atoms with Gasteiger partial charge in [0.05, 0.1) is 0 Å². The molecule has 0 aromatic rings. The van der Waals surface area contributed by atoms with Gasteiger partial charge in [0.25, 0.3) is 0 Å². The van der Waals surface area contributed by atoms with Gasteiger partial charge in [-0.1, -0.05) is 0 Å². The Morgan fingerprint density at radius 2 is 1.09 bits per heavy atom. The molecule has 11 nitrogen and oxygen atoms in total. The molecule has 9 N–H and O–H groups in total. The molecule has 0 saturated carbocycles. The molecule has 0 aliphatic rings. The van der Waals surface area contributed by atoms with E-state index in [0.717, 1.165) is 0 Å². The van der Waals surface area contributed by atoms with Gasteiger partial charge in [-0.25, -0.2) is 0 Å². The molecule has 0 aliphatic carbocycles. The van der Waals surface area contributed by atoms with Crippen molar-refractivity contribution < 1.29 is 199 Å². The summed E-state index contributed by atoms with van der Waals surface area (Å²) in [5.74, 6) is 0. The summed E-state index contributed by atoms with van der Waals surface area (Å²) in [6.45, 7) is -0.150. The summed E-state index contributed by atoms with van der Waals surface area (Å²) < 4.78 is 20.8. The van der Waals surface area contributed by atoms with Crippen LogP contribution < -0.4 is 173 Å². The molecule has 0 fully saturated rings. The molecule has 0 spiro atoms. The van der Waals surface area contributed by atoms with Crippen LogP contribution in [0.3, 0.4) is 0 Å². The van der Waals surface area contributed by atoms with Crippen LogP contribution in [0, 0.1) is 0 Å². The van der Waals surface area contributed by atoms with Crippen LogP contribution in [-0.4, -0.2) is 33.2 Å². The summed E-state index contributed by atoms with van der Waals surface area (Å²) in [7, 11) is -11.9. The van der Waals surface area contributed by atoms with E-state index in [-0.39, 0.29) is 179 Å². The topological polar surface area (TPSA) is 267 Å². The molecule has 0 atom stereocenters. The van der Waals surface area contributed by atoms with Crippen molar-refractivity contribution >= 4 is 15.2 Å². The Morgan fingerprint density at radius 1 is 0.864 bits per heavy atom. The fraction of sp³-hybridized carbons (Fsp3) is 1.00. The van der Waals surface area contributed by atoms with Gasteiger partial charge in [-0.2, -0.15) is 0 Å². The van der Waals surface area contributed by atoms with Crippen molar-refractivity contribution in [1.82, 2.24) is 0 Å². The zero-order valence-electron chi connectivity index (χ0n) is 14.5. The minimum atomic E-state index is -5.93. The number of aliphatic hydroxyl groups is 1. The van der Waals surface area contributed by atoms with Crippen molar-refractivity contribution in [3.05, 3.63) is 0 Å². The first-order valence-electron chi connectivity index (χ1n) is 3.53. The molecule has 0 heterocycles. The largest absolute Gasteiger partial charge is 1.00 e. The van der Waals surface area contributed by atoms with Crippen LogP contribution in [0.2, 0.25) is 0 Å². The molecule has 22 heavy (non-hydrogen) atoms. The van der Waals surface area contributed by atoms with Gasteiger partial charge in [-0.05, 0) is 34.6 Å². The fourth-order valence-corrected chi connectivity index (χ4v) is 2.83. The first-order chi connectivity index (χ1) is 6.06. The zero-order valence-corrected chi connectivity index (χ0v) is 25.3. The van der Waals surface area contributed by atoms with Crippen molar-refractivity contribution in [1.29, 1.82) is 0 Å². The fourth-order valence-electron chi connectivity index (χ4n) is 0.763. The minimum absolute atomic E-state index is 0. The van der Waals surface area contributed by atoms with Crippen LogP contribution in [-0.2, 0) is 9.13 Å². The SMILES string of the molecule is NCCCC(O)(P(=O)([O-])[O-])P(=O)([O-])[O-].O.O.O.[H-].[Na+].[Na+].[Na+].[Na+].[Na+]. The average molecular weight is 415 g/mol. The van der Waals surface area contributed by atoms with Crippen LogP contribution in [0.15, 0.2) is 0 Å². The molecule has 0 aromatic heterocycles. The Labute approximate surface area is 240 Å². The second-order valence-electron chi connectivity index (χ2n) is 2.66. The van der Waals surface area contributed by atoms with Gasteiger partial charge in [-0.3, -0.25) is 0 Å². The van der Waals surface area contributed by atoms with Gasteiger partial charge in [0.2, 0.25) is 0 Å². The molecule has 18 heteroatoms. The van der Waals surface area contributed by atoms with Gasteiger partial charge in [0, 0.05) is 0 Å². The second-order valence-corrected chi connectivity index (χ2v) is 6.48. The number of nitrogens with two attached hydrogens (primary N) is 1. The maximum atomic E-state index is 10.4. The molecule has 112 valence electrons. The Hall–Kier alpha value is 5.10. The predicted molar refractivity (Wildman–Crippen MR) is 50.4 cm³/mol. The molecule has 0 bridgehead atoms. The molecule has 0 aliphatic heterocycles. The summed E-state index contributed by atoms with van der Waals surface area (Å²) in [5.41, 5.74) is 4.92. The molecule has 0 unspecified atom stereocenters. The predicted octanol–water partition coefficient (Wildman–Crippen LogP) is -21.1. The van der Waals surface area contributed by atoms with Crippen molar-refractivity contribution in [2.45, 2.75) is 17.9 Å². The Kier molecular flexibility index (Phi) is 61.8. The third-order valence-electron chi connectivity index (χ3n) is 1.59. The summed E-state index contributed by atoms with van der Waals surface area (Å²) in [6, 6.07) is 0. The normalized spacial score (nSPS) is 9.18. The van der Waals surface area contributed by atoms with E-state index in [1.807, 2.05) is 0 Å². The van der Waals surface area contributed by atoms with Crippen LogP contribution in [0.1, 0.15) is 14.3 Å². The van der Waals surface area contributed by atoms with E-state index in [4.69, 9.17) is 10.8 Å². The van der Waals surface area contributed by atoms with Crippen LogP contribution >= 0.6 is 15.2 Å². The standard InChI is InChI=1S/C4H13NO7P2.5Na.3H2O.H/c5-3-1-2-4(6,13(7,8)9)14(10,11)12;;;;;;;;;/h6H,1-3,5H2,(H2,7,8,9)(H2,10,11,12);;;;;;3*1H2;/q;5*+1;;;;-1/p-4. The summed E-state index contributed by atoms with van der Waals surface area (Å²) >= 11 is 0. The number of hydrogen-bond donors (Lipinski definition) is 2. The van der Waals surface area contributed by atoms with Gasteiger partial charge in [-0.15, -0.1) is 0 Å². The molecule has 0 rings (SSSR count). The first kappa shape index (κ1) is 56.3. The minimum Gasteiger partial charge on any atom is -1.00 e. The van der Waals surface area contributed by atoms with Gasteiger partial charge in [0.15, 0.2) is 0 Å². The van der Waals surface area contributed by atoms with Crippen LogP contribution in [0.25, 0.3) is 0 Å². The second kappa shape index (κ2) is 24.1. The monoisotopic (exact) mass is 415 g/mol. The van der Waals surface area contributed by atoms with Crippen LogP contribution in [0.5, 0.6) is 0 Å². The van der Waals surface area contributed by atoms with E-state index in [9.17, 15) is 28.7 Å². The van der Waals surface area contributed by atoms with Crippen molar-refractivity contribution in [2.75, 3.05) is 6.54 Å². The van der Waals surface area contributed by atoms with Gasteiger partial charge < -0.3 is 57.4 Å². The summed E-state index contributed by atoms with van der Waals surface area (Å²) in [4.78, 5) is 41.7. The van der Waals surface area contributed by atoms with Gasteiger partial charge >= 0.3 is 148 Å². The van der Waals surface area contributed by atoms with E-state index in [2.05, 4.69) is 0 Å². The molecular weight excluding hydrogens is 399 g/mol. The maximum Gasteiger partial charge on any atom is 1.00 e. The molecule has 0 aromatic carbocycles. The average Bonchev–Trinajstić information content (AvgIpc) is 1.95. The van der Waals surface area contributed by atoms with Crippen molar-refractivity contribution in [3.63, 3.8) is 0 Å². The molecule has 0 saturated heterocycles. The third-order valence-corrected chi connectivity index (χ3v) is 5.26. The molecule has 0 radical (unpaired) electrons. The van der Waals surface area contributed by atoms with E-state index >= 15 is 0 Å². The van der Waals surface area contributed by atoms with Crippen LogP contribution in [0.4, 0.5) is 0 Å². The smallest absolute Gasteiger partial charge is 1.00 e. The van der Waals surface area contributed by atoms with Crippen molar-refractivity contribution in [2.24, 2.45) is 5.73 Å². The molecular formula is C4H16NNa5O10P2. The Morgan fingerprint density at radius 3 is 1.23 bits per heavy atom. The Bertz CT molecular complexity index is 283. The maximum absolute atomic E-state index is 10.4. The number of rotatable bonds is 5. The third kappa shape index (κ3) is 18.5. The first-order valence-corrected chi connectivity index (χ1v) is 6.61. The van der Waals surface area contributed by atoms with E-state index < -0.39 is 26.7 Å². The van der Waals surface area contributed by atoms with Gasteiger partial charge in [0.1, 0.15) is 5.08 Å². The molecule has 0 amide bonds. The zero-order chi connectivity index (χ0) is 11.6. The number of hydrogen-bond acceptors (Lipinski definition) is 8. The van der Waals surface area contributed by atoms with E-state index in [1.165, 1.54) is 0 Å². The summed E-state index contributed by atoms with van der Waals surface area (Å²) in [6.07, 6.45) is -1.27. The van der Waals surface area contributed by atoms with E-state index in [0.29, 0.717) is 0 Å². The quantitative estimate of drug-likeness (QED) is 0.320. The van der Waals surface area contributed by atoms with E-state index in [1.54, 1.807) is 0 Å².